The van der Waals surface area contributed by atoms with Crippen LogP contribution in [0.2, 0.25) is 0 Å². The number of fused-ring (bicyclic) bond motifs is 3. The zero-order chi connectivity index (χ0) is 23.3. The summed E-state index contributed by atoms with van der Waals surface area (Å²) >= 11 is 0. The monoisotopic (exact) mass is 455 g/mol. The molecule has 176 valence electrons. The van der Waals surface area contributed by atoms with Crippen LogP contribution in [0.15, 0.2) is 24.3 Å². The Kier molecular flexibility index (Phi) is 5.58. The number of methoxy groups -OCH3 is 2. The molecule has 2 aliphatic heterocycles. The van der Waals surface area contributed by atoms with Gasteiger partial charge in [-0.3, -0.25) is 9.69 Å². The third-order valence-corrected chi connectivity index (χ3v) is 7.11. The van der Waals surface area contributed by atoms with Crippen molar-refractivity contribution < 1.29 is 33.6 Å². The summed E-state index contributed by atoms with van der Waals surface area (Å²) in [7, 11) is 2.99. The van der Waals surface area contributed by atoms with E-state index in [1.54, 1.807) is 12.1 Å². The number of aromatic hydroxyl groups is 1. The first-order chi connectivity index (χ1) is 16.0. The van der Waals surface area contributed by atoms with E-state index in [1.165, 1.54) is 14.2 Å². The van der Waals surface area contributed by atoms with Crippen molar-refractivity contribution in [2.24, 2.45) is 5.92 Å². The van der Waals surface area contributed by atoms with E-state index >= 15 is 0 Å². The van der Waals surface area contributed by atoms with Crippen LogP contribution in [0.1, 0.15) is 42.5 Å². The fraction of sp³-hybridized carbons (Fsp3) is 0.480. The van der Waals surface area contributed by atoms with Crippen LogP contribution in [0, 0.1) is 5.92 Å². The highest BCUT2D eigenvalue weighted by Gasteiger charge is 2.53. The highest BCUT2D eigenvalue weighted by molar-refractivity contribution is 5.87. The van der Waals surface area contributed by atoms with Gasteiger partial charge in [0.05, 0.1) is 32.3 Å². The maximum Gasteiger partial charge on any atom is 0.231 e. The predicted molar refractivity (Wildman–Crippen MR) is 120 cm³/mol. The first-order valence-corrected chi connectivity index (χ1v) is 11.3. The number of hydrogen-bond acceptors (Lipinski definition) is 8. The molecule has 33 heavy (non-hydrogen) atoms. The second-order valence-electron chi connectivity index (χ2n) is 8.52. The molecule has 1 fully saturated rings. The van der Waals surface area contributed by atoms with Crippen molar-refractivity contribution in [2.75, 3.05) is 40.7 Å². The maximum atomic E-state index is 13.2. The SMILES string of the molecule is CCN(CC)[C@@H]1c2cc3c(cc2[C@@H](c2cc(OC)c(O)c(OC)c2)[C@H]2C(=O)CO[C@@H]21)OCO3. The molecule has 0 amide bonds. The topological polar surface area (TPSA) is 86.7 Å². The number of Topliss-reactive ketones (excluding diaryl/α,β-unsaturated/α-hetero) is 1. The zero-order valence-corrected chi connectivity index (χ0v) is 19.3. The summed E-state index contributed by atoms with van der Waals surface area (Å²) in [6.07, 6.45) is -0.305. The zero-order valence-electron chi connectivity index (χ0n) is 19.3. The normalized spacial score (nSPS) is 25.2. The van der Waals surface area contributed by atoms with E-state index in [0.29, 0.717) is 23.0 Å². The van der Waals surface area contributed by atoms with Gasteiger partial charge in [-0.05, 0) is 54.0 Å². The molecule has 4 atom stereocenters. The molecule has 3 aliphatic rings. The minimum atomic E-state index is -0.387. The average Bonchev–Trinajstić information content (AvgIpc) is 3.44. The molecule has 0 bridgehead atoms. The highest BCUT2D eigenvalue weighted by atomic mass is 16.7. The standard InChI is InChI=1S/C25H29NO7/c1-5-26(6-2)23-15-10-18-17(32-12-33-18)9-14(15)21(22-16(27)11-31-25(22)23)13-7-19(29-3)24(28)20(8-13)30-4/h7-10,21-23,25,28H,5-6,11-12H2,1-4H3/t21-,22-,23-,25+/m1/s1. The number of ether oxygens (including phenoxy) is 5. The van der Waals surface area contributed by atoms with Crippen LogP contribution in [0.4, 0.5) is 0 Å². The van der Waals surface area contributed by atoms with Gasteiger partial charge in [-0.2, -0.15) is 0 Å². The number of carbonyl (C=O) groups excluding carboxylic acids is 1. The van der Waals surface area contributed by atoms with Gasteiger partial charge in [-0.1, -0.05) is 13.8 Å². The fourth-order valence-corrected chi connectivity index (χ4v) is 5.60. The summed E-state index contributed by atoms with van der Waals surface area (Å²) in [6, 6.07) is 7.49. The largest absolute Gasteiger partial charge is 0.502 e. The molecule has 8 nitrogen and oxygen atoms in total. The molecule has 2 heterocycles. The van der Waals surface area contributed by atoms with E-state index in [-0.39, 0.29) is 48.9 Å². The molecule has 8 heteroatoms. The lowest BCUT2D eigenvalue weighted by Gasteiger charge is -2.44. The lowest BCUT2D eigenvalue weighted by atomic mass is 9.67. The quantitative estimate of drug-likeness (QED) is 0.711. The smallest absolute Gasteiger partial charge is 0.231 e. The second kappa shape index (κ2) is 8.43. The number of benzene rings is 2. The van der Waals surface area contributed by atoms with Gasteiger partial charge in [0, 0.05) is 5.92 Å². The molecule has 1 N–H and O–H groups in total. The van der Waals surface area contributed by atoms with Crippen molar-refractivity contribution in [1.82, 2.24) is 4.90 Å². The molecule has 0 radical (unpaired) electrons. The fourth-order valence-electron chi connectivity index (χ4n) is 5.60. The Hall–Kier alpha value is -2.97. The van der Waals surface area contributed by atoms with Gasteiger partial charge in [0.1, 0.15) is 6.61 Å². The Morgan fingerprint density at radius 1 is 1.00 bits per heavy atom. The molecular weight excluding hydrogens is 426 g/mol. The number of phenols is 1. The molecule has 2 aromatic carbocycles. The van der Waals surface area contributed by atoms with Crippen LogP contribution in [0.25, 0.3) is 0 Å². The van der Waals surface area contributed by atoms with Crippen molar-refractivity contribution in [3.63, 3.8) is 0 Å². The van der Waals surface area contributed by atoms with E-state index in [4.69, 9.17) is 23.7 Å². The van der Waals surface area contributed by atoms with Gasteiger partial charge < -0.3 is 28.8 Å². The molecule has 1 aliphatic carbocycles. The van der Waals surface area contributed by atoms with E-state index in [1.807, 2.05) is 12.1 Å². The lowest BCUT2D eigenvalue weighted by Crippen LogP contribution is -2.45. The van der Waals surface area contributed by atoms with Crippen molar-refractivity contribution in [3.05, 3.63) is 41.0 Å². The maximum absolute atomic E-state index is 13.2. The van der Waals surface area contributed by atoms with Crippen molar-refractivity contribution >= 4 is 5.78 Å². The van der Waals surface area contributed by atoms with Crippen molar-refractivity contribution in [1.29, 1.82) is 0 Å². The Labute approximate surface area is 192 Å². The van der Waals surface area contributed by atoms with Gasteiger partial charge in [-0.25, -0.2) is 0 Å². The molecule has 5 rings (SSSR count). The van der Waals surface area contributed by atoms with Crippen LogP contribution in [-0.4, -0.2) is 62.6 Å². The van der Waals surface area contributed by atoms with Crippen molar-refractivity contribution in [2.45, 2.75) is 31.9 Å². The van der Waals surface area contributed by atoms with Crippen LogP contribution >= 0.6 is 0 Å². The van der Waals surface area contributed by atoms with E-state index in [0.717, 1.165) is 29.8 Å². The Morgan fingerprint density at radius 2 is 1.61 bits per heavy atom. The number of phenolic OH excluding ortho intramolecular Hbond substituents is 1. The molecule has 0 spiro atoms. The van der Waals surface area contributed by atoms with Crippen LogP contribution < -0.4 is 18.9 Å². The Balaban J connectivity index is 1.76. The Morgan fingerprint density at radius 3 is 2.18 bits per heavy atom. The molecule has 0 saturated carbocycles. The number of carbonyl (C=O) groups is 1. The van der Waals surface area contributed by atoms with Gasteiger partial charge in [0.2, 0.25) is 12.5 Å². The summed E-state index contributed by atoms with van der Waals surface area (Å²) in [6.45, 7) is 6.12. The first-order valence-electron chi connectivity index (χ1n) is 11.3. The molecular formula is C25H29NO7. The minimum Gasteiger partial charge on any atom is -0.502 e. The highest BCUT2D eigenvalue weighted by Crippen LogP contribution is 2.55. The molecule has 0 unspecified atom stereocenters. The van der Waals surface area contributed by atoms with E-state index < -0.39 is 0 Å². The number of rotatable bonds is 6. The first kappa shape index (κ1) is 21.9. The number of ketones is 1. The average molecular weight is 456 g/mol. The van der Waals surface area contributed by atoms with E-state index in [9.17, 15) is 9.90 Å². The predicted octanol–water partition coefficient (Wildman–Crippen LogP) is 3.25. The summed E-state index contributed by atoms with van der Waals surface area (Å²) < 4.78 is 28.4. The summed E-state index contributed by atoms with van der Waals surface area (Å²) in [5, 5.41) is 10.5. The minimum absolute atomic E-state index is 0.0662. The summed E-state index contributed by atoms with van der Waals surface area (Å²) in [4.78, 5) is 15.6. The second-order valence-corrected chi connectivity index (χ2v) is 8.52. The molecule has 0 aromatic heterocycles. The van der Waals surface area contributed by atoms with E-state index in [2.05, 4.69) is 18.7 Å². The molecule has 1 saturated heterocycles. The molecule has 2 aromatic rings. The van der Waals surface area contributed by atoms with Gasteiger partial charge in [0.25, 0.3) is 0 Å². The number of likely N-dealkylation sites (N-methyl/N-ethyl adjacent to an activating group) is 1. The van der Waals surface area contributed by atoms with Gasteiger partial charge in [-0.15, -0.1) is 0 Å². The van der Waals surface area contributed by atoms with Gasteiger partial charge >= 0.3 is 0 Å². The number of hydrogen-bond donors (Lipinski definition) is 1. The van der Waals surface area contributed by atoms with Crippen molar-refractivity contribution in [3.8, 4) is 28.7 Å². The summed E-state index contributed by atoms with van der Waals surface area (Å²) in [5.74, 6) is 1.24. The Bertz CT molecular complexity index is 1060. The van der Waals surface area contributed by atoms with Crippen LogP contribution in [0.5, 0.6) is 28.7 Å². The lowest BCUT2D eigenvalue weighted by molar-refractivity contribution is -0.121. The van der Waals surface area contributed by atoms with Crippen LogP contribution in [-0.2, 0) is 9.53 Å². The summed E-state index contributed by atoms with van der Waals surface area (Å²) in [5.41, 5.74) is 2.87. The van der Waals surface area contributed by atoms with Gasteiger partial charge in [0.15, 0.2) is 28.8 Å². The van der Waals surface area contributed by atoms with Crippen LogP contribution in [0.3, 0.4) is 0 Å². The number of nitrogens with zero attached hydrogens (tertiary/aromatic N) is 1. The third-order valence-electron chi connectivity index (χ3n) is 7.11. The third kappa shape index (κ3) is 3.31.